The maximum absolute atomic E-state index is 4.07. The predicted octanol–water partition coefficient (Wildman–Crippen LogP) is 4.57. The van der Waals surface area contributed by atoms with Crippen LogP contribution in [0.15, 0.2) is 37.0 Å². The van der Waals surface area contributed by atoms with Crippen molar-refractivity contribution in [2.45, 2.75) is 59.0 Å². The molecule has 0 aromatic heterocycles. The minimum absolute atomic E-state index is 0.634. The van der Waals surface area contributed by atoms with Crippen LogP contribution < -0.4 is 0 Å². The van der Waals surface area contributed by atoms with Crippen LogP contribution in [-0.4, -0.2) is 23.5 Å². The molecule has 0 aliphatic carbocycles. The summed E-state index contributed by atoms with van der Waals surface area (Å²) in [6.45, 7) is 21.9. The molecule has 0 N–H and O–H groups in total. The molecule has 0 radical (unpaired) electrons. The van der Waals surface area contributed by atoms with Crippen LogP contribution in [0.25, 0.3) is 0 Å². The molecule has 2 atom stereocenters. The first-order valence-corrected chi connectivity index (χ1v) is 6.73. The summed E-state index contributed by atoms with van der Waals surface area (Å²) in [5.41, 5.74) is 2.08. The summed E-state index contributed by atoms with van der Waals surface area (Å²) in [6.07, 6.45) is 5.16. The van der Waals surface area contributed by atoms with E-state index in [0.717, 1.165) is 24.1 Å². The van der Waals surface area contributed by atoms with Gasteiger partial charge in [0.2, 0.25) is 0 Å². The van der Waals surface area contributed by atoms with Crippen LogP contribution in [0.4, 0.5) is 0 Å². The Morgan fingerprint density at radius 1 is 1.12 bits per heavy atom. The summed E-state index contributed by atoms with van der Waals surface area (Å²) in [7, 11) is 0. The lowest BCUT2D eigenvalue weighted by molar-refractivity contribution is 0.148. The number of hydrogen-bond donors (Lipinski definition) is 0. The summed E-state index contributed by atoms with van der Waals surface area (Å²) in [6, 6.07) is 1.27. The Morgan fingerprint density at radius 2 is 1.59 bits per heavy atom. The topological polar surface area (TPSA) is 3.24 Å². The molecule has 0 aliphatic rings. The Hall–Kier alpha value is -0.820. The van der Waals surface area contributed by atoms with Crippen LogP contribution in [-0.2, 0) is 0 Å². The van der Waals surface area contributed by atoms with E-state index in [4.69, 9.17) is 0 Å². The second-order valence-electron chi connectivity index (χ2n) is 4.84. The van der Waals surface area contributed by atoms with Crippen molar-refractivity contribution in [3.05, 3.63) is 37.0 Å². The summed E-state index contributed by atoms with van der Waals surface area (Å²) in [4.78, 5) is 2.57. The normalized spacial score (nSPS) is 14.4. The number of nitrogens with zero attached hydrogens (tertiary/aromatic N) is 1. The molecule has 17 heavy (non-hydrogen) atoms. The molecule has 0 saturated carbocycles. The molecular formula is C16H29N. The van der Waals surface area contributed by atoms with Gasteiger partial charge in [-0.05, 0) is 44.3 Å². The van der Waals surface area contributed by atoms with Crippen LogP contribution in [0.5, 0.6) is 0 Å². The van der Waals surface area contributed by atoms with Crippen molar-refractivity contribution in [2.75, 3.05) is 6.54 Å². The SMILES string of the molecule is C=CC(=C)C(=C)CCN(C(C)CC)C(C)CC. The average Bonchev–Trinajstić information content (AvgIpc) is 2.36. The van der Waals surface area contributed by atoms with Crippen LogP contribution in [0.2, 0.25) is 0 Å². The Labute approximate surface area is 108 Å². The fourth-order valence-corrected chi connectivity index (χ4v) is 1.91. The number of rotatable bonds is 9. The van der Waals surface area contributed by atoms with Gasteiger partial charge in [0, 0.05) is 18.6 Å². The molecular weight excluding hydrogens is 206 g/mol. The third-order valence-corrected chi connectivity index (χ3v) is 3.69. The van der Waals surface area contributed by atoms with Crippen LogP contribution in [0, 0.1) is 0 Å². The Kier molecular flexibility index (Phi) is 7.90. The standard InChI is InChI=1S/C16H29N/c1-8-13(4)14(5)11-12-17(15(6)9-2)16(7)10-3/h8,15-16H,1,4-5,9-12H2,2-3,6-7H3. The minimum atomic E-state index is 0.634. The number of allylic oxidation sites excluding steroid dienone is 2. The van der Waals surface area contributed by atoms with Crippen molar-refractivity contribution >= 4 is 0 Å². The van der Waals surface area contributed by atoms with E-state index >= 15 is 0 Å². The molecule has 0 aromatic carbocycles. The largest absolute Gasteiger partial charge is 0.298 e. The molecule has 0 spiro atoms. The van der Waals surface area contributed by atoms with Gasteiger partial charge in [0.05, 0.1) is 0 Å². The van der Waals surface area contributed by atoms with Crippen molar-refractivity contribution in [2.24, 2.45) is 0 Å². The van der Waals surface area contributed by atoms with E-state index in [1.165, 1.54) is 12.8 Å². The van der Waals surface area contributed by atoms with Crippen molar-refractivity contribution in [1.29, 1.82) is 0 Å². The second kappa shape index (κ2) is 8.30. The fourth-order valence-electron chi connectivity index (χ4n) is 1.91. The first-order chi connectivity index (χ1) is 7.97. The van der Waals surface area contributed by atoms with Gasteiger partial charge >= 0.3 is 0 Å². The van der Waals surface area contributed by atoms with Crippen molar-refractivity contribution in [3.8, 4) is 0 Å². The molecule has 0 amide bonds. The van der Waals surface area contributed by atoms with Crippen molar-refractivity contribution in [1.82, 2.24) is 4.90 Å². The maximum atomic E-state index is 4.07. The van der Waals surface area contributed by atoms with E-state index in [0.29, 0.717) is 12.1 Å². The van der Waals surface area contributed by atoms with Gasteiger partial charge in [-0.3, -0.25) is 4.90 Å². The van der Waals surface area contributed by atoms with Gasteiger partial charge in [0.15, 0.2) is 0 Å². The molecule has 0 aromatic rings. The maximum Gasteiger partial charge on any atom is 0.00672 e. The Bertz CT molecular complexity index is 255. The van der Waals surface area contributed by atoms with E-state index in [-0.39, 0.29) is 0 Å². The van der Waals surface area contributed by atoms with E-state index in [1.54, 1.807) is 6.08 Å². The molecule has 0 saturated heterocycles. The highest BCUT2D eigenvalue weighted by Gasteiger charge is 2.17. The summed E-state index contributed by atoms with van der Waals surface area (Å²) < 4.78 is 0. The molecule has 0 fully saturated rings. The van der Waals surface area contributed by atoms with Gasteiger partial charge in [0.1, 0.15) is 0 Å². The van der Waals surface area contributed by atoms with E-state index in [2.05, 4.69) is 52.3 Å². The van der Waals surface area contributed by atoms with Gasteiger partial charge in [-0.15, -0.1) is 0 Å². The lowest BCUT2D eigenvalue weighted by Crippen LogP contribution is -2.40. The fraction of sp³-hybridized carbons (Fsp3) is 0.625. The quantitative estimate of drug-likeness (QED) is 0.529. The molecule has 2 unspecified atom stereocenters. The predicted molar refractivity (Wildman–Crippen MR) is 79.3 cm³/mol. The monoisotopic (exact) mass is 235 g/mol. The first-order valence-electron chi connectivity index (χ1n) is 6.73. The highest BCUT2D eigenvalue weighted by Crippen LogP contribution is 2.16. The van der Waals surface area contributed by atoms with Crippen molar-refractivity contribution in [3.63, 3.8) is 0 Å². The highest BCUT2D eigenvalue weighted by molar-refractivity contribution is 5.33. The molecule has 0 bridgehead atoms. The molecule has 0 aliphatic heterocycles. The van der Waals surface area contributed by atoms with E-state index in [9.17, 15) is 0 Å². The molecule has 0 rings (SSSR count). The lowest BCUT2D eigenvalue weighted by Gasteiger charge is -2.34. The molecule has 1 heteroatoms. The number of hydrogen-bond acceptors (Lipinski definition) is 1. The zero-order chi connectivity index (χ0) is 13.4. The van der Waals surface area contributed by atoms with E-state index in [1.807, 2.05) is 0 Å². The third-order valence-electron chi connectivity index (χ3n) is 3.69. The average molecular weight is 235 g/mol. The summed E-state index contributed by atoms with van der Waals surface area (Å²) in [5, 5.41) is 0. The zero-order valence-electron chi connectivity index (χ0n) is 12.1. The summed E-state index contributed by atoms with van der Waals surface area (Å²) >= 11 is 0. The van der Waals surface area contributed by atoms with Crippen LogP contribution in [0.3, 0.4) is 0 Å². The van der Waals surface area contributed by atoms with Crippen molar-refractivity contribution < 1.29 is 0 Å². The second-order valence-corrected chi connectivity index (χ2v) is 4.84. The van der Waals surface area contributed by atoms with Gasteiger partial charge < -0.3 is 0 Å². The lowest BCUT2D eigenvalue weighted by atomic mass is 10.0. The van der Waals surface area contributed by atoms with E-state index < -0.39 is 0 Å². The third kappa shape index (κ3) is 5.36. The zero-order valence-corrected chi connectivity index (χ0v) is 12.1. The van der Waals surface area contributed by atoms with Gasteiger partial charge in [-0.2, -0.15) is 0 Å². The first kappa shape index (κ1) is 16.2. The van der Waals surface area contributed by atoms with Crippen LogP contribution >= 0.6 is 0 Å². The smallest absolute Gasteiger partial charge is 0.00672 e. The highest BCUT2D eigenvalue weighted by atomic mass is 15.2. The summed E-state index contributed by atoms with van der Waals surface area (Å²) in [5.74, 6) is 0. The Morgan fingerprint density at radius 3 is 1.94 bits per heavy atom. The van der Waals surface area contributed by atoms with Gasteiger partial charge in [-0.1, -0.05) is 39.7 Å². The van der Waals surface area contributed by atoms with Gasteiger partial charge in [-0.25, -0.2) is 0 Å². The minimum Gasteiger partial charge on any atom is -0.298 e. The van der Waals surface area contributed by atoms with Gasteiger partial charge in [0.25, 0.3) is 0 Å². The molecule has 98 valence electrons. The Balaban J connectivity index is 4.40. The van der Waals surface area contributed by atoms with Crippen LogP contribution in [0.1, 0.15) is 47.0 Å². The molecule has 1 nitrogen and oxygen atoms in total. The molecule has 0 heterocycles.